The minimum atomic E-state index is 0.290. The van der Waals surface area contributed by atoms with E-state index in [0.717, 1.165) is 12.8 Å². The first-order valence-corrected chi connectivity index (χ1v) is 8.04. The Bertz CT molecular complexity index is 690. The van der Waals surface area contributed by atoms with Crippen LogP contribution in [0.2, 0.25) is 0 Å². The van der Waals surface area contributed by atoms with Crippen molar-refractivity contribution in [3.63, 3.8) is 0 Å². The Kier molecular flexibility index (Phi) is 2.71. The van der Waals surface area contributed by atoms with Crippen LogP contribution in [0.4, 0.5) is 0 Å². The highest BCUT2D eigenvalue weighted by Gasteiger charge is 2.49. The van der Waals surface area contributed by atoms with Gasteiger partial charge in [-0.15, -0.1) is 5.73 Å². The monoisotopic (exact) mass is 278 g/mol. The number of hydrogen-bond donors (Lipinski definition) is 1. The summed E-state index contributed by atoms with van der Waals surface area (Å²) in [4.78, 5) is 0. The lowest BCUT2D eigenvalue weighted by Gasteiger charge is -2.45. The summed E-state index contributed by atoms with van der Waals surface area (Å²) in [5.74, 6) is 1.63. The number of fused-ring (bicyclic) bond motifs is 5. The molecule has 21 heavy (non-hydrogen) atoms. The summed E-state index contributed by atoms with van der Waals surface area (Å²) in [6.45, 7) is 6.34. The van der Waals surface area contributed by atoms with Crippen LogP contribution in [-0.2, 0) is 6.42 Å². The van der Waals surface area contributed by atoms with E-state index in [1.165, 1.54) is 36.0 Å². The van der Waals surface area contributed by atoms with Crippen LogP contribution in [0.1, 0.15) is 49.7 Å². The zero-order valence-corrected chi connectivity index (χ0v) is 12.7. The van der Waals surface area contributed by atoms with E-state index in [1.54, 1.807) is 5.57 Å². The first-order chi connectivity index (χ1) is 10.1. The van der Waals surface area contributed by atoms with Crippen molar-refractivity contribution in [2.75, 3.05) is 0 Å². The number of benzene rings is 1. The van der Waals surface area contributed by atoms with E-state index in [1.807, 2.05) is 12.1 Å². The highest BCUT2D eigenvalue weighted by atomic mass is 16.3. The summed E-state index contributed by atoms with van der Waals surface area (Å²) in [6.07, 6.45) is 8.27. The van der Waals surface area contributed by atoms with Crippen LogP contribution in [0.5, 0.6) is 5.75 Å². The molecular weight excluding hydrogens is 256 g/mol. The zero-order valence-electron chi connectivity index (χ0n) is 12.7. The Hall–Kier alpha value is -1.72. The Morgan fingerprint density at radius 2 is 2.19 bits per heavy atom. The fourth-order valence-corrected chi connectivity index (χ4v) is 5.06. The van der Waals surface area contributed by atoms with Crippen molar-refractivity contribution < 1.29 is 5.11 Å². The van der Waals surface area contributed by atoms with Gasteiger partial charge in [0.15, 0.2) is 0 Å². The van der Waals surface area contributed by atoms with Crippen LogP contribution in [0, 0.1) is 11.3 Å². The van der Waals surface area contributed by atoms with Gasteiger partial charge in [0.1, 0.15) is 5.75 Å². The summed E-state index contributed by atoms with van der Waals surface area (Å²) < 4.78 is 0. The Labute approximate surface area is 126 Å². The van der Waals surface area contributed by atoms with E-state index in [4.69, 9.17) is 0 Å². The van der Waals surface area contributed by atoms with E-state index in [2.05, 4.69) is 31.4 Å². The molecule has 1 heteroatoms. The van der Waals surface area contributed by atoms with E-state index in [9.17, 15) is 5.11 Å². The fraction of sp³-hybridized carbons (Fsp3) is 0.450. The van der Waals surface area contributed by atoms with Crippen molar-refractivity contribution >= 4 is 0 Å². The normalized spacial score (nSPS) is 33.6. The van der Waals surface area contributed by atoms with Crippen LogP contribution in [0.25, 0.3) is 0 Å². The van der Waals surface area contributed by atoms with Gasteiger partial charge in [-0.3, -0.25) is 0 Å². The predicted octanol–water partition coefficient (Wildman–Crippen LogP) is 4.88. The van der Waals surface area contributed by atoms with Crippen LogP contribution in [0.3, 0.4) is 0 Å². The third kappa shape index (κ3) is 1.71. The molecule has 0 saturated heterocycles. The molecule has 0 spiro atoms. The quantitative estimate of drug-likeness (QED) is 0.529. The lowest BCUT2D eigenvalue weighted by molar-refractivity contribution is 0.229. The van der Waals surface area contributed by atoms with Crippen molar-refractivity contribution in [3.05, 3.63) is 58.9 Å². The van der Waals surface area contributed by atoms with Gasteiger partial charge in [0.2, 0.25) is 0 Å². The van der Waals surface area contributed by atoms with E-state index < -0.39 is 0 Å². The fourth-order valence-electron chi connectivity index (χ4n) is 5.06. The first kappa shape index (κ1) is 13.0. The third-order valence-corrected chi connectivity index (χ3v) is 6.17. The van der Waals surface area contributed by atoms with Crippen molar-refractivity contribution in [1.82, 2.24) is 0 Å². The number of hydrogen-bond acceptors (Lipinski definition) is 1. The summed E-state index contributed by atoms with van der Waals surface area (Å²) >= 11 is 0. The standard InChI is InChI=1S/C20H22O/c1-3-14-5-9-19-18-7-4-13-12-15(21)6-8-16(13)17(18)10-11-20(14,19)2/h6-8,12,17,19,21H,1,4-5,9-11H2,2H3/t17?,19?,20-/m1/s1. The molecule has 0 heterocycles. The van der Waals surface area contributed by atoms with Gasteiger partial charge in [-0.2, -0.15) is 0 Å². The molecule has 1 aromatic rings. The lowest BCUT2D eigenvalue weighted by atomic mass is 9.59. The van der Waals surface area contributed by atoms with Gasteiger partial charge in [0.05, 0.1) is 0 Å². The average molecular weight is 278 g/mol. The second-order valence-electron chi connectivity index (χ2n) is 7.05. The second-order valence-corrected chi connectivity index (χ2v) is 7.05. The van der Waals surface area contributed by atoms with Crippen LogP contribution in [0.15, 0.2) is 47.7 Å². The largest absolute Gasteiger partial charge is 0.508 e. The van der Waals surface area contributed by atoms with E-state index >= 15 is 0 Å². The Morgan fingerprint density at radius 3 is 3.00 bits per heavy atom. The van der Waals surface area contributed by atoms with Gasteiger partial charge in [-0.1, -0.05) is 31.2 Å². The van der Waals surface area contributed by atoms with Gasteiger partial charge >= 0.3 is 0 Å². The molecule has 2 saturated carbocycles. The van der Waals surface area contributed by atoms with Gasteiger partial charge in [-0.25, -0.2) is 0 Å². The maximum atomic E-state index is 9.70. The molecular formula is C20H22O. The maximum absolute atomic E-state index is 9.70. The SMILES string of the molecule is C=C=C1CCC2C3=CCc4cc(O)ccc4C3CC[C@]12C. The molecule has 0 amide bonds. The number of allylic oxidation sites excluding steroid dienone is 3. The smallest absolute Gasteiger partial charge is 0.115 e. The predicted molar refractivity (Wildman–Crippen MR) is 85.4 cm³/mol. The molecule has 1 nitrogen and oxygen atoms in total. The van der Waals surface area contributed by atoms with E-state index in [-0.39, 0.29) is 0 Å². The zero-order chi connectivity index (χ0) is 14.6. The van der Waals surface area contributed by atoms with Crippen LogP contribution < -0.4 is 0 Å². The molecule has 3 aliphatic carbocycles. The molecule has 0 aliphatic heterocycles. The molecule has 0 aromatic heterocycles. The molecule has 1 aromatic carbocycles. The summed E-state index contributed by atoms with van der Waals surface area (Å²) in [7, 11) is 0. The molecule has 2 unspecified atom stereocenters. The summed E-state index contributed by atoms with van der Waals surface area (Å²) in [5.41, 5.74) is 9.37. The minimum absolute atomic E-state index is 0.290. The Balaban J connectivity index is 1.78. The topological polar surface area (TPSA) is 20.2 Å². The van der Waals surface area contributed by atoms with E-state index in [0.29, 0.717) is 23.0 Å². The molecule has 1 N–H and O–H groups in total. The first-order valence-electron chi connectivity index (χ1n) is 8.04. The minimum Gasteiger partial charge on any atom is -0.508 e. The molecule has 3 atom stereocenters. The number of phenols is 1. The van der Waals surface area contributed by atoms with Crippen LogP contribution >= 0.6 is 0 Å². The van der Waals surface area contributed by atoms with Crippen molar-refractivity contribution in [2.24, 2.45) is 11.3 Å². The van der Waals surface area contributed by atoms with Crippen molar-refractivity contribution in [1.29, 1.82) is 0 Å². The molecule has 2 fully saturated rings. The molecule has 4 rings (SSSR count). The Morgan fingerprint density at radius 1 is 1.33 bits per heavy atom. The second kappa shape index (κ2) is 4.39. The molecule has 3 aliphatic rings. The number of phenolic OH excluding ortho intramolecular Hbond substituents is 1. The maximum Gasteiger partial charge on any atom is 0.115 e. The number of rotatable bonds is 0. The highest BCUT2D eigenvalue weighted by molar-refractivity contribution is 5.48. The lowest BCUT2D eigenvalue weighted by Crippen LogP contribution is -2.34. The van der Waals surface area contributed by atoms with Gasteiger partial charge < -0.3 is 5.11 Å². The summed E-state index contributed by atoms with van der Waals surface area (Å²) in [5, 5.41) is 9.70. The van der Waals surface area contributed by atoms with Crippen molar-refractivity contribution in [2.45, 2.75) is 44.9 Å². The van der Waals surface area contributed by atoms with Gasteiger partial charge in [-0.05, 0) is 66.9 Å². The van der Waals surface area contributed by atoms with Crippen molar-refractivity contribution in [3.8, 4) is 5.75 Å². The molecule has 0 radical (unpaired) electrons. The molecule has 108 valence electrons. The van der Waals surface area contributed by atoms with Gasteiger partial charge in [0.25, 0.3) is 0 Å². The van der Waals surface area contributed by atoms with Gasteiger partial charge in [0, 0.05) is 11.3 Å². The highest BCUT2D eigenvalue weighted by Crippen LogP contribution is 2.61. The molecule has 0 bridgehead atoms. The average Bonchev–Trinajstić information content (AvgIpc) is 2.83. The third-order valence-electron chi connectivity index (χ3n) is 6.17. The number of aromatic hydroxyl groups is 1. The summed E-state index contributed by atoms with van der Waals surface area (Å²) in [6, 6.07) is 5.93. The van der Waals surface area contributed by atoms with Crippen LogP contribution in [-0.4, -0.2) is 5.11 Å².